The Morgan fingerprint density at radius 3 is 2.57 bits per heavy atom. The largest absolute Gasteiger partial charge is 0.433 e. The number of nitrogens with zero attached hydrogens (tertiary/aromatic N) is 3. The molecule has 0 unspecified atom stereocenters. The number of alkyl halides is 3. The summed E-state index contributed by atoms with van der Waals surface area (Å²) < 4.78 is 38.4. The van der Waals surface area contributed by atoms with E-state index in [9.17, 15) is 23.1 Å². The van der Waals surface area contributed by atoms with Crippen LogP contribution in [0.15, 0.2) is 48.9 Å². The van der Waals surface area contributed by atoms with Crippen molar-refractivity contribution in [2.24, 2.45) is 0 Å². The van der Waals surface area contributed by atoms with Crippen molar-refractivity contribution >= 4 is 11.6 Å². The number of rotatable bonds is 5. The van der Waals surface area contributed by atoms with Crippen molar-refractivity contribution < 1.29 is 23.1 Å². The molecule has 0 aliphatic carbocycles. The normalized spacial score (nSPS) is 12.4. The van der Waals surface area contributed by atoms with Gasteiger partial charge in [-0.25, -0.2) is 4.98 Å². The average Bonchev–Trinajstić information content (AvgIpc) is 2.72. The number of carbonyl (C=O) groups is 1. The number of hydrogen-bond donors (Lipinski definition) is 3. The number of hydrogen-bond acceptors (Lipinski definition) is 6. The van der Waals surface area contributed by atoms with E-state index in [0.717, 1.165) is 12.3 Å². The highest BCUT2D eigenvalue weighted by atomic mass is 19.4. The van der Waals surface area contributed by atoms with E-state index in [1.807, 2.05) is 0 Å². The molecule has 0 aromatic carbocycles. The molecule has 0 bridgehead atoms. The van der Waals surface area contributed by atoms with E-state index in [4.69, 9.17) is 5.73 Å². The van der Waals surface area contributed by atoms with Crippen LogP contribution in [-0.4, -0.2) is 38.6 Å². The summed E-state index contributed by atoms with van der Waals surface area (Å²) >= 11 is 0. The molecular weight excluding hydrogens is 399 g/mol. The Morgan fingerprint density at radius 1 is 1.23 bits per heavy atom. The molecule has 1 amide bonds. The van der Waals surface area contributed by atoms with Gasteiger partial charge in [0.25, 0.3) is 5.91 Å². The Labute approximate surface area is 169 Å². The Bertz CT molecular complexity index is 1040. The van der Waals surface area contributed by atoms with Gasteiger partial charge in [0.15, 0.2) is 0 Å². The number of aromatic nitrogens is 3. The van der Waals surface area contributed by atoms with Crippen LogP contribution >= 0.6 is 0 Å². The van der Waals surface area contributed by atoms with Crippen LogP contribution in [0.3, 0.4) is 0 Å². The number of aliphatic hydroxyl groups is 1. The van der Waals surface area contributed by atoms with E-state index in [2.05, 4.69) is 20.3 Å². The molecule has 0 spiro atoms. The van der Waals surface area contributed by atoms with Crippen molar-refractivity contribution in [3.05, 3.63) is 60.2 Å². The Morgan fingerprint density at radius 2 is 2.00 bits per heavy atom. The van der Waals surface area contributed by atoms with Crippen LogP contribution in [0.2, 0.25) is 0 Å². The Hall–Kier alpha value is -3.53. The molecule has 10 heteroatoms. The number of amides is 1. The van der Waals surface area contributed by atoms with Crippen molar-refractivity contribution in [2.75, 3.05) is 12.3 Å². The van der Waals surface area contributed by atoms with Gasteiger partial charge in [-0.05, 0) is 37.3 Å². The van der Waals surface area contributed by atoms with Crippen LogP contribution in [0.1, 0.15) is 23.0 Å². The van der Waals surface area contributed by atoms with Gasteiger partial charge in [-0.15, -0.1) is 0 Å². The summed E-state index contributed by atoms with van der Waals surface area (Å²) in [6.45, 7) is 1.51. The number of aliphatic hydroxyl groups excluding tert-OH is 1. The summed E-state index contributed by atoms with van der Waals surface area (Å²) in [5, 5.41) is 12.0. The number of pyridine rings is 3. The SMILES string of the molecule is C[C@@H](O)CNC(=O)c1cc(-c2ccc(C(F)(F)F)nc2)nc(-c2cccnc2)c1N. The van der Waals surface area contributed by atoms with Crippen molar-refractivity contribution in [1.82, 2.24) is 20.3 Å². The Balaban J connectivity index is 2.11. The van der Waals surface area contributed by atoms with Gasteiger partial charge in [-0.2, -0.15) is 13.2 Å². The van der Waals surface area contributed by atoms with E-state index in [0.29, 0.717) is 5.56 Å². The molecule has 3 aromatic heterocycles. The van der Waals surface area contributed by atoms with Crippen LogP contribution in [0.4, 0.5) is 18.9 Å². The third kappa shape index (κ3) is 4.71. The smallest absolute Gasteiger partial charge is 0.396 e. The molecule has 3 aromatic rings. The quantitative estimate of drug-likeness (QED) is 0.588. The number of nitrogens with two attached hydrogens (primary N) is 1. The summed E-state index contributed by atoms with van der Waals surface area (Å²) in [6.07, 6.45) is -1.25. The first kappa shape index (κ1) is 21.2. The van der Waals surface area contributed by atoms with Crippen LogP contribution < -0.4 is 11.1 Å². The second-order valence-corrected chi connectivity index (χ2v) is 6.55. The molecule has 156 valence electrons. The van der Waals surface area contributed by atoms with Crippen molar-refractivity contribution in [2.45, 2.75) is 19.2 Å². The molecular formula is C20H18F3N5O2. The highest BCUT2D eigenvalue weighted by Crippen LogP contribution is 2.32. The number of nitrogens with one attached hydrogen (secondary N) is 1. The van der Waals surface area contributed by atoms with E-state index in [1.54, 1.807) is 18.3 Å². The molecule has 3 heterocycles. The number of carbonyl (C=O) groups excluding carboxylic acids is 1. The summed E-state index contributed by atoms with van der Waals surface area (Å²) in [5.74, 6) is -0.554. The van der Waals surface area contributed by atoms with Crippen LogP contribution in [-0.2, 0) is 6.18 Å². The lowest BCUT2D eigenvalue weighted by Crippen LogP contribution is -2.31. The fourth-order valence-electron chi connectivity index (χ4n) is 2.66. The van der Waals surface area contributed by atoms with Crippen LogP contribution in [0, 0.1) is 0 Å². The van der Waals surface area contributed by atoms with Crippen molar-refractivity contribution in [3.63, 3.8) is 0 Å². The lowest BCUT2D eigenvalue weighted by atomic mass is 10.0. The Kier molecular flexibility index (Phi) is 5.97. The van der Waals surface area contributed by atoms with Gasteiger partial charge in [-0.3, -0.25) is 14.8 Å². The maximum absolute atomic E-state index is 12.8. The molecule has 3 rings (SSSR count). The molecule has 0 fully saturated rings. The molecule has 0 saturated heterocycles. The lowest BCUT2D eigenvalue weighted by Gasteiger charge is -2.14. The lowest BCUT2D eigenvalue weighted by molar-refractivity contribution is -0.141. The first-order valence-electron chi connectivity index (χ1n) is 8.87. The van der Waals surface area contributed by atoms with E-state index in [1.165, 1.54) is 25.3 Å². The maximum atomic E-state index is 12.8. The fraction of sp³-hybridized carbons (Fsp3) is 0.200. The van der Waals surface area contributed by atoms with Gasteiger partial charge in [0.05, 0.1) is 28.7 Å². The third-order valence-electron chi connectivity index (χ3n) is 4.15. The monoisotopic (exact) mass is 417 g/mol. The topological polar surface area (TPSA) is 114 Å². The number of halogens is 3. The second-order valence-electron chi connectivity index (χ2n) is 6.55. The zero-order chi connectivity index (χ0) is 21.9. The molecule has 1 atom stereocenters. The highest BCUT2D eigenvalue weighted by molar-refractivity contribution is 6.03. The summed E-state index contributed by atoms with van der Waals surface area (Å²) in [5.41, 5.74) is 6.55. The molecule has 30 heavy (non-hydrogen) atoms. The van der Waals surface area contributed by atoms with E-state index < -0.39 is 23.9 Å². The van der Waals surface area contributed by atoms with Crippen LogP contribution in [0.5, 0.6) is 0 Å². The van der Waals surface area contributed by atoms with Gasteiger partial charge >= 0.3 is 6.18 Å². The minimum atomic E-state index is -4.57. The molecule has 0 saturated carbocycles. The predicted octanol–water partition coefficient (Wildman–Crippen LogP) is 2.92. The van der Waals surface area contributed by atoms with Crippen molar-refractivity contribution in [1.29, 1.82) is 0 Å². The number of anilines is 1. The molecule has 0 aliphatic heterocycles. The van der Waals surface area contributed by atoms with Gasteiger partial charge in [0.1, 0.15) is 5.69 Å². The van der Waals surface area contributed by atoms with Gasteiger partial charge in [-0.1, -0.05) is 0 Å². The number of nitrogen functional groups attached to an aromatic ring is 1. The first-order valence-corrected chi connectivity index (χ1v) is 8.87. The van der Waals surface area contributed by atoms with E-state index >= 15 is 0 Å². The zero-order valence-corrected chi connectivity index (χ0v) is 15.8. The second kappa shape index (κ2) is 8.46. The van der Waals surface area contributed by atoms with Crippen molar-refractivity contribution in [3.8, 4) is 22.5 Å². The van der Waals surface area contributed by atoms with E-state index in [-0.39, 0.29) is 34.7 Å². The third-order valence-corrected chi connectivity index (χ3v) is 4.15. The molecule has 0 aliphatic rings. The molecule has 7 nitrogen and oxygen atoms in total. The molecule has 4 N–H and O–H groups in total. The van der Waals surface area contributed by atoms with Gasteiger partial charge in [0.2, 0.25) is 0 Å². The average molecular weight is 417 g/mol. The fourth-order valence-corrected chi connectivity index (χ4v) is 2.66. The zero-order valence-electron chi connectivity index (χ0n) is 15.8. The molecule has 0 radical (unpaired) electrons. The summed E-state index contributed by atoms with van der Waals surface area (Å²) in [7, 11) is 0. The summed E-state index contributed by atoms with van der Waals surface area (Å²) in [6, 6.07) is 6.79. The summed E-state index contributed by atoms with van der Waals surface area (Å²) in [4.78, 5) is 24.5. The minimum absolute atomic E-state index is 0.00000934. The predicted molar refractivity (Wildman–Crippen MR) is 104 cm³/mol. The van der Waals surface area contributed by atoms with Gasteiger partial charge < -0.3 is 16.2 Å². The first-order chi connectivity index (χ1) is 14.2. The highest BCUT2D eigenvalue weighted by Gasteiger charge is 2.32. The minimum Gasteiger partial charge on any atom is -0.396 e. The standard InChI is InChI=1S/C20H18F3N5O2/c1-11(29)8-27-19(30)14-7-15(12-4-5-16(26-10-12)20(21,22)23)28-18(17(14)24)13-3-2-6-25-9-13/h2-7,9-11,29H,8,24H2,1H3,(H,27,30)/t11-/m1/s1. The van der Waals surface area contributed by atoms with Gasteiger partial charge in [0, 0.05) is 36.3 Å². The maximum Gasteiger partial charge on any atom is 0.433 e. The van der Waals surface area contributed by atoms with Crippen LogP contribution in [0.25, 0.3) is 22.5 Å².